The zero-order valence-corrected chi connectivity index (χ0v) is 19.6. The van der Waals surface area contributed by atoms with Crippen LogP contribution >= 0.6 is 0 Å². The molecule has 37 heavy (non-hydrogen) atoms. The molecule has 4 aromatic carbocycles. The van der Waals surface area contributed by atoms with Crippen molar-refractivity contribution in [2.45, 2.75) is 0 Å². The average Bonchev–Trinajstić information content (AvgIpc) is 2.97. The number of para-hydroxylation sites is 3. The molecule has 0 unspecified atom stereocenters. The van der Waals surface area contributed by atoms with Crippen molar-refractivity contribution < 1.29 is 0 Å². The Bertz CT molecular complexity index is 1750. The number of hydrogen-bond donors (Lipinski definition) is 0. The molecule has 1 aromatic heterocycles. The van der Waals surface area contributed by atoms with Gasteiger partial charge in [-0.3, -0.25) is 4.90 Å². The van der Waals surface area contributed by atoms with Crippen molar-refractivity contribution in [3.63, 3.8) is 0 Å². The Morgan fingerprint density at radius 1 is 0.568 bits per heavy atom. The maximum Gasteiger partial charge on any atom is 0.252 e. The fourth-order valence-electron chi connectivity index (χ4n) is 5.56. The first kappa shape index (κ1) is 20.9. The van der Waals surface area contributed by atoms with Crippen LogP contribution in [0.25, 0.3) is 0 Å². The normalized spacial score (nSPS) is 12.6. The summed E-state index contributed by atoms with van der Waals surface area (Å²) in [6.45, 7) is 0.00407. The van der Waals surface area contributed by atoms with Gasteiger partial charge in [0, 0.05) is 34.5 Å². The third-order valence-corrected chi connectivity index (χ3v) is 6.97. The predicted molar refractivity (Wildman–Crippen MR) is 145 cm³/mol. The number of rotatable bonds is 2. The van der Waals surface area contributed by atoms with Gasteiger partial charge in [0.15, 0.2) is 0 Å². The van der Waals surface area contributed by atoms with Crippen molar-refractivity contribution >= 4 is 57.5 Å². The molecule has 5 aromatic rings. The number of aromatic nitrogens is 2. The van der Waals surface area contributed by atoms with Gasteiger partial charge in [0.25, 0.3) is 6.71 Å². The SMILES string of the molecule is N#Cc1cc(C#N)nc(N2c3ccccc3B3c4ccccc4N(c4ccccc4)c4cccc2c43)n1. The van der Waals surface area contributed by atoms with Gasteiger partial charge < -0.3 is 4.90 Å². The Kier molecular flexibility index (Phi) is 4.57. The number of benzene rings is 4. The molecule has 6 nitrogen and oxygen atoms in total. The molecule has 0 aliphatic carbocycles. The molecule has 0 N–H and O–H groups in total. The zero-order chi connectivity index (χ0) is 24.9. The van der Waals surface area contributed by atoms with Gasteiger partial charge in [0.1, 0.15) is 23.5 Å². The molecule has 0 bridgehead atoms. The minimum Gasteiger partial charge on any atom is -0.311 e. The Balaban J connectivity index is 1.57. The van der Waals surface area contributed by atoms with Crippen LogP contribution in [0.5, 0.6) is 0 Å². The van der Waals surface area contributed by atoms with Crippen LogP contribution < -0.4 is 26.2 Å². The van der Waals surface area contributed by atoms with Crippen molar-refractivity contribution in [2.75, 3.05) is 9.80 Å². The lowest BCUT2D eigenvalue weighted by Crippen LogP contribution is -2.61. The van der Waals surface area contributed by atoms with E-state index in [0.29, 0.717) is 5.95 Å². The van der Waals surface area contributed by atoms with E-state index in [0.717, 1.165) is 39.4 Å². The van der Waals surface area contributed by atoms with Crippen LogP contribution in [-0.2, 0) is 0 Å². The molecular weight excluding hydrogens is 455 g/mol. The second-order valence-corrected chi connectivity index (χ2v) is 8.93. The van der Waals surface area contributed by atoms with Gasteiger partial charge in [0.2, 0.25) is 5.95 Å². The highest BCUT2D eigenvalue weighted by Gasteiger charge is 2.43. The third kappa shape index (κ3) is 3.05. The van der Waals surface area contributed by atoms with Gasteiger partial charge in [0.05, 0.1) is 0 Å². The summed E-state index contributed by atoms with van der Waals surface area (Å²) in [7, 11) is 0. The summed E-state index contributed by atoms with van der Waals surface area (Å²) in [5, 5.41) is 19.2. The van der Waals surface area contributed by atoms with Crippen LogP contribution in [0.1, 0.15) is 11.4 Å². The smallest absolute Gasteiger partial charge is 0.252 e. The molecule has 3 heterocycles. The second kappa shape index (κ2) is 8.08. The molecule has 0 fully saturated rings. The van der Waals surface area contributed by atoms with Crippen molar-refractivity contribution in [1.29, 1.82) is 10.5 Å². The van der Waals surface area contributed by atoms with Crippen LogP contribution in [-0.4, -0.2) is 16.7 Å². The van der Waals surface area contributed by atoms with E-state index in [1.165, 1.54) is 11.5 Å². The highest BCUT2D eigenvalue weighted by molar-refractivity contribution is 7.00. The average molecular weight is 472 g/mol. The standard InChI is InChI=1S/C30H17BN6/c32-18-20-17-21(19-33)35-30(34-20)37-26-14-7-5-12-24(26)31-23-11-4-6-13-25(23)36(22-9-2-1-3-10-22)27-15-8-16-28(37)29(27)31/h1-17H. The van der Waals surface area contributed by atoms with Crippen molar-refractivity contribution in [3.8, 4) is 12.1 Å². The van der Waals surface area contributed by atoms with Gasteiger partial charge in [-0.2, -0.15) is 10.5 Å². The summed E-state index contributed by atoms with van der Waals surface area (Å²) in [4.78, 5) is 13.3. The second-order valence-electron chi connectivity index (χ2n) is 8.93. The van der Waals surface area contributed by atoms with E-state index in [2.05, 4.69) is 81.6 Å². The monoisotopic (exact) mass is 472 g/mol. The number of fused-ring (bicyclic) bond motifs is 4. The van der Waals surface area contributed by atoms with Crippen LogP contribution in [0.3, 0.4) is 0 Å². The fraction of sp³-hybridized carbons (Fsp3) is 0. The Morgan fingerprint density at radius 3 is 1.70 bits per heavy atom. The third-order valence-electron chi connectivity index (χ3n) is 6.97. The largest absolute Gasteiger partial charge is 0.311 e. The number of hydrogen-bond acceptors (Lipinski definition) is 6. The first-order valence-corrected chi connectivity index (χ1v) is 11.9. The van der Waals surface area contributed by atoms with Gasteiger partial charge in [-0.15, -0.1) is 0 Å². The highest BCUT2D eigenvalue weighted by atomic mass is 15.3. The molecule has 2 aliphatic rings. The number of anilines is 6. The predicted octanol–water partition coefficient (Wildman–Crippen LogP) is 4.30. The maximum atomic E-state index is 9.60. The van der Waals surface area contributed by atoms with E-state index in [1.54, 1.807) is 0 Å². The van der Waals surface area contributed by atoms with Crippen molar-refractivity contribution in [1.82, 2.24) is 9.97 Å². The van der Waals surface area contributed by atoms with Crippen LogP contribution in [0, 0.1) is 22.7 Å². The van der Waals surface area contributed by atoms with Crippen LogP contribution in [0.2, 0.25) is 0 Å². The summed E-state index contributed by atoms with van der Waals surface area (Å²) < 4.78 is 0. The number of nitrogens with zero attached hydrogens (tertiary/aromatic N) is 6. The number of nitriles is 2. The van der Waals surface area contributed by atoms with E-state index in [1.807, 2.05) is 47.4 Å². The molecular formula is C30H17BN6. The van der Waals surface area contributed by atoms with Gasteiger partial charge in [-0.25, -0.2) is 9.97 Å². The minimum absolute atomic E-state index is 0.00407. The molecule has 0 saturated carbocycles. The van der Waals surface area contributed by atoms with E-state index in [4.69, 9.17) is 0 Å². The van der Waals surface area contributed by atoms with Gasteiger partial charge in [-0.05, 0) is 52.8 Å². The summed E-state index contributed by atoms with van der Waals surface area (Å²) in [6.07, 6.45) is 0. The van der Waals surface area contributed by atoms with E-state index >= 15 is 0 Å². The van der Waals surface area contributed by atoms with Crippen molar-refractivity contribution in [3.05, 3.63) is 115 Å². The highest BCUT2D eigenvalue weighted by Crippen LogP contribution is 2.42. The molecule has 0 spiro atoms. The summed E-state index contributed by atoms with van der Waals surface area (Å²) in [6, 6.07) is 38.9. The summed E-state index contributed by atoms with van der Waals surface area (Å²) in [5.74, 6) is 0.306. The molecule has 7 rings (SSSR count). The van der Waals surface area contributed by atoms with E-state index < -0.39 is 0 Å². The Morgan fingerprint density at radius 2 is 1.08 bits per heavy atom. The molecule has 0 amide bonds. The summed E-state index contributed by atoms with van der Waals surface area (Å²) >= 11 is 0. The Labute approximate surface area is 214 Å². The lowest BCUT2D eigenvalue weighted by molar-refractivity contribution is 1.05. The topological polar surface area (TPSA) is 79.8 Å². The first-order chi connectivity index (χ1) is 18.3. The fourth-order valence-corrected chi connectivity index (χ4v) is 5.56. The molecule has 7 heteroatoms. The zero-order valence-electron chi connectivity index (χ0n) is 19.6. The van der Waals surface area contributed by atoms with Gasteiger partial charge in [-0.1, -0.05) is 60.7 Å². The van der Waals surface area contributed by atoms with Crippen LogP contribution in [0.15, 0.2) is 103 Å². The Hall–Kier alpha value is -5.40. The van der Waals surface area contributed by atoms with Gasteiger partial charge >= 0.3 is 0 Å². The lowest BCUT2D eigenvalue weighted by Gasteiger charge is -2.43. The van der Waals surface area contributed by atoms with Crippen LogP contribution in [0.4, 0.5) is 34.4 Å². The quantitative estimate of drug-likeness (QED) is 0.349. The molecule has 2 aliphatic heterocycles. The first-order valence-electron chi connectivity index (χ1n) is 11.9. The van der Waals surface area contributed by atoms with E-state index in [-0.39, 0.29) is 18.1 Å². The maximum absolute atomic E-state index is 9.60. The van der Waals surface area contributed by atoms with E-state index in [9.17, 15) is 10.5 Å². The molecule has 0 atom stereocenters. The van der Waals surface area contributed by atoms with Crippen molar-refractivity contribution in [2.24, 2.45) is 0 Å². The molecule has 0 radical (unpaired) electrons. The summed E-state index contributed by atoms with van der Waals surface area (Å²) in [5.41, 5.74) is 8.91. The minimum atomic E-state index is 0.00407. The molecule has 170 valence electrons. The molecule has 0 saturated heterocycles. The lowest BCUT2D eigenvalue weighted by atomic mass is 9.33.